The standard InChI is InChI=1S/C22H35N5O2.HI/c1-22(2,3)20(28)24-10-11-25-21(23-4)27-15-18-19(16-27)29-13-12-26(18)14-17-8-6-5-7-9-17;/h5-9,18-19H,10-16H2,1-4H3,(H,23,25)(H,24,28);1H. The van der Waals surface area contributed by atoms with Gasteiger partial charge in [0.1, 0.15) is 0 Å². The summed E-state index contributed by atoms with van der Waals surface area (Å²) in [5.41, 5.74) is 0.968. The molecule has 2 atom stereocenters. The summed E-state index contributed by atoms with van der Waals surface area (Å²) >= 11 is 0. The first kappa shape index (κ1) is 24.9. The molecular weight excluding hydrogens is 493 g/mol. The van der Waals surface area contributed by atoms with Crippen molar-refractivity contribution < 1.29 is 9.53 Å². The molecule has 2 aliphatic rings. The predicted octanol–water partition coefficient (Wildman–Crippen LogP) is 1.93. The third kappa shape index (κ3) is 6.55. The molecule has 2 fully saturated rings. The second kappa shape index (κ2) is 11.3. The van der Waals surface area contributed by atoms with Crippen molar-refractivity contribution in [3.05, 3.63) is 35.9 Å². The van der Waals surface area contributed by atoms with Gasteiger partial charge in [0.25, 0.3) is 0 Å². The average Bonchev–Trinajstić information content (AvgIpc) is 3.13. The van der Waals surface area contributed by atoms with Gasteiger partial charge in [0.15, 0.2) is 5.96 Å². The Labute approximate surface area is 197 Å². The molecule has 8 heteroatoms. The number of aliphatic imine (C=N–C) groups is 1. The van der Waals surface area contributed by atoms with Crippen LogP contribution in [0, 0.1) is 5.41 Å². The van der Waals surface area contributed by atoms with Crippen LogP contribution in [0.5, 0.6) is 0 Å². The first-order valence-electron chi connectivity index (χ1n) is 10.5. The van der Waals surface area contributed by atoms with Gasteiger partial charge in [-0.1, -0.05) is 51.1 Å². The lowest BCUT2D eigenvalue weighted by Crippen LogP contribution is -2.50. The van der Waals surface area contributed by atoms with Crippen LogP contribution in [0.1, 0.15) is 26.3 Å². The van der Waals surface area contributed by atoms with Crippen molar-refractivity contribution in [2.24, 2.45) is 10.4 Å². The first-order valence-corrected chi connectivity index (χ1v) is 10.5. The van der Waals surface area contributed by atoms with Crippen LogP contribution in [-0.4, -0.2) is 80.2 Å². The first-order chi connectivity index (χ1) is 13.9. The number of likely N-dealkylation sites (tertiary alicyclic amines) is 1. The predicted molar refractivity (Wildman–Crippen MR) is 131 cm³/mol. The van der Waals surface area contributed by atoms with Crippen LogP contribution in [0.3, 0.4) is 0 Å². The maximum absolute atomic E-state index is 12.0. The van der Waals surface area contributed by atoms with Crippen molar-refractivity contribution >= 4 is 35.8 Å². The fourth-order valence-electron chi connectivity index (χ4n) is 3.89. The summed E-state index contributed by atoms with van der Waals surface area (Å²) in [4.78, 5) is 21.2. The summed E-state index contributed by atoms with van der Waals surface area (Å²) in [6.45, 7) is 11.4. The number of morpholine rings is 1. The van der Waals surface area contributed by atoms with Gasteiger partial charge in [-0.15, -0.1) is 24.0 Å². The fraction of sp³-hybridized carbons (Fsp3) is 0.636. The third-order valence-corrected chi connectivity index (χ3v) is 5.53. The van der Waals surface area contributed by atoms with E-state index in [-0.39, 0.29) is 41.4 Å². The van der Waals surface area contributed by atoms with Crippen LogP contribution >= 0.6 is 24.0 Å². The van der Waals surface area contributed by atoms with Gasteiger partial charge in [0.2, 0.25) is 5.91 Å². The number of ether oxygens (including phenoxy) is 1. The molecule has 0 aromatic heterocycles. The molecule has 2 unspecified atom stereocenters. The van der Waals surface area contributed by atoms with E-state index >= 15 is 0 Å². The molecule has 1 aromatic rings. The normalized spacial score (nSPS) is 22.3. The van der Waals surface area contributed by atoms with E-state index in [0.717, 1.165) is 38.7 Å². The van der Waals surface area contributed by atoms with Crippen molar-refractivity contribution in [3.8, 4) is 0 Å². The zero-order valence-electron chi connectivity index (χ0n) is 18.6. The number of rotatable bonds is 5. The molecule has 3 rings (SSSR count). The van der Waals surface area contributed by atoms with E-state index in [1.54, 1.807) is 7.05 Å². The molecule has 0 spiro atoms. The van der Waals surface area contributed by atoms with E-state index in [9.17, 15) is 4.79 Å². The molecule has 30 heavy (non-hydrogen) atoms. The number of guanidine groups is 1. The van der Waals surface area contributed by atoms with Crippen LogP contribution in [0.25, 0.3) is 0 Å². The minimum atomic E-state index is -0.369. The second-order valence-electron chi connectivity index (χ2n) is 8.82. The van der Waals surface area contributed by atoms with Crippen molar-refractivity contribution in [3.63, 3.8) is 0 Å². The fourth-order valence-corrected chi connectivity index (χ4v) is 3.89. The number of benzene rings is 1. The van der Waals surface area contributed by atoms with Gasteiger partial charge in [-0.2, -0.15) is 0 Å². The molecule has 2 heterocycles. The molecule has 168 valence electrons. The Balaban J connectivity index is 0.00000320. The Morgan fingerprint density at radius 1 is 1.17 bits per heavy atom. The Kier molecular flexibility index (Phi) is 9.36. The minimum absolute atomic E-state index is 0. The summed E-state index contributed by atoms with van der Waals surface area (Å²) in [5, 5.41) is 6.35. The number of nitrogens with zero attached hydrogens (tertiary/aromatic N) is 3. The van der Waals surface area contributed by atoms with Crippen molar-refractivity contribution in [1.29, 1.82) is 0 Å². The number of halogens is 1. The molecular formula is C22H36IN5O2. The lowest BCUT2D eigenvalue weighted by Gasteiger charge is -2.36. The lowest BCUT2D eigenvalue weighted by atomic mass is 9.96. The van der Waals surface area contributed by atoms with Gasteiger partial charge >= 0.3 is 0 Å². The number of amides is 1. The lowest BCUT2D eigenvalue weighted by molar-refractivity contribution is -0.128. The van der Waals surface area contributed by atoms with Crippen molar-refractivity contribution in [2.75, 3.05) is 46.4 Å². The number of hydrogen-bond acceptors (Lipinski definition) is 4. The monoisotopic (exact) mass is 529 g/mol. The number of carbonyl (C=O) groups is 1. The Hall–Kier alpha value is -1.39. The smallest absolute Gasteiger partial charge is 0.225 e. The van der Waals surface area contributed by atoms with Gasteiger partial charge in [0.05, 0.1) is 18.8 Å². The third-order valence-electron chi connectivity index (χ3n) is 5.53. The minimum Gasteiger partial charge on any atom is -0.373 e. The Bertz CT molecular complexity index is 707. The molecule has 0 saturated carbocycles. The van der Waals surface area contributed by atoms with Crippen LogP contribution in [0.2, 0.25) is 0 Å². The van der Waals surface area contributed by atoms with Gasteiger partial charge < -0.3 is 20.3 Å². The molecule has 0 radical (unpaired) electrons. The molecule has 7 nitrogen and oxygen atoms in total. The van der Waals surface area contributed by atoms with Gasteiger partial charge in [-0.3, -0.25) is 14.7 Å². The van der Waals surface area contributed by atoms with E-state index < -0.39 is 0 Å². The quantitative estimate of drug-likeness (QED) is 0.264. The van der Waals surface area contributed by atoms with Crippen LogP contribution < -0.4 is 10.6 Å². The van der Waals surface area contributed by atoms with E-state index in [0.29, 0.717) is 19.1 Å². The largest absolute Gasteiger partial charge is 0.373 e. The summed E-state index contributed by atoms with van der Waals surface area (Å²) in [5.74, 6) is 0.930. The molecule has 0 aliphatic carbocycles. The highest BCUT2D eigenvalue weighted by Crippen LogP contribution is 2.24. The number of fused-ring (bicyclic) bond motifs is 1. The van der Waals surface area contributed by atoms with E-state index in [1.807, 2.05) is 20.8 Å². The van der Waals surface area contributed by atoms with Gasteiger partial charge in [-0.05, 0) is 5.56 Å². The summed E-state index contributed by atoms with van der Waals surface area (Å²) in [6.07, 6.45) is 0.201. The Morgan fingerprint density at radius 2 is 1.87 bits per heavy atom. The van der Waals surface area contributed by atoms with Crippen LogP contribution in [-0.2, 0) is 16.1 Å². The molecule has 2 aliphatic heterocycles. The second-order valence-corrected chi connectivity index (χ2v) is 8.82. The maximum Gasteiger partial charge on any atom is 0.225 e. The van der Waals surface area contributed by atoms with E-state index in [2.05, 4.69) is 55.8 Å². The SMILES string of the molecule is CN=C(NCCNC(=O)C(C)(C)C)N1CC2OCCN(Cc3ccccc3)C2C1.I. The number of nitrogens with one attached hydrogen (secondary N) is 2. The molecule has 0 bridgehead atoms. The molecule has 1 aromatic carbocycles. The number of carbonyl (C=O) groups excluding carboxylic acids is 1. The van der Waals surface area contributed by atoms with E-state index in [4.69, 9.17) is 4.74 Å². The Morgan fingerprint density at radius 3 is 2.53 bits per heavy atom. The van der Waals surface area contributed by atoms with E-state index in [1.165, 1.54) is 5.56 Å². The topological polar surface area (TPSA) is 69.2 Å². The molecule has 1 amide bonds. The summed E-state index contributed by atoms with van der Waals surface area (Å²) in [7, 11) is 1.81. The summed E-state index contributed by atoms with van der Waals surface area (Å²) < 4.78 is 6.07. The van der Waals surface area contributed by atoms with Gasteiger partial charge in [0, 0.05) is 51.7 Å². The zero-order valence-corrected chi connectivity index (χ0v) is 20.9. The average molecular weight is 529 g/mol. The molecule has 2 N–H and O–H groups in total. The highest BCUT2D eigenvalue weighted by molar-refractivity contribution is 14.0. The highest BCUT2D eigenvalue weighted by atomic mass is 127. The van der Waals surface area contributed by atoms with Crippen LogP contribution in [0.15, 0.2) is 35.3 Å². The van der Waals surface area contributed by atoms with Crippen molar-refractivity contribution in [1.82, 2.24) is 20.4 Å². The number of hydrogen-bond donors (Lipinski definition) is 2. The van der Waals surface area contributed by atoms with Gasteiger partial charge in [-0.25, -0.2) is 0 Å². The summed E-state index contributed by atoms with van der Waals surface area (Å²) in [6, 6.07) is 11.0. The highest BCUT2D eigenvalue weighted by Gasteiger charge is 2.41. The molecule has 2 saturated heterocycles. The zero-order chi connectivity index (χ0) is 20.9. The van der Waals surface area contributed by atoms with Crippen molar-refractivity contribution in [2.45, 2.75) is 39.5 Å². The maximum atomic E-state index is 12.0. The van der Waals surface area contributed by atoms with Crippen LogP contribution in [0.4, 0.5) is 0 Å².